The minimum absolute atomic E-state index is 0.224. The number of carbonyl (C=O) groups excluding carboxylic acids is 1. The van der Waals surface area contributed by atoms with Crippen LogP contribution in [-0.4, -0.2) is 26.7 Å². The molecule has 0 atom stereocenters. The number of fused-ring (bicyclic) bond motifs is 2. The van der Waals surface area contributed by atoms with Gasteiger partial charge < -0.3 is 4.74 Å². The lowest BCUT2D eigenvalue weighted by Crippen LogP contribution is -2.11. The third kappa shape index (κ3) is 2.51. The largest absolute Gasteiger partial charge is 0.494 e. The summed E-state index contributed by atoms with van der Waals surface area (Å²) in [7, 11) is 1.60. The topological polar surface area (TPSA) is 77.0 Å². The Morgan fingerprint density at radius 2 is 2.04 bits per heavy atom. The van der Waals surface area contributed by atoms with Crippen LogP contribution in [0.2, 0.25) is 0 Å². The molecule has 114 valence electrons. The van der Waals surface area contributed by atoms with Crippen LogP contribution in [0.3, 0.4) is 0 Å². The summed E-state index contributed by atoms with van der Waals surface area (Å²) in [6.07, 6.45) is 0. The highest BCUT2D eigenvalue weighted by atomic mass is 32.1. The number of aromatic nitrogens is 3. The maximum Gasteiger partial charge on any atom is 0.257 e. The van der Waals surface area contributed by atoms with Gasteiger partial charge in [0.15, 0.2) is 5.13 Å². The van der Waals surface area contributed by atoms with E-state index in [9.17, 15) is 4.79 Å². The number of hydrogen-bond acceptors (Lipinski definition) is 7. The quantitative estimate of drug-likeness (QED) is 0.616. The molecular formula is C15H10N4O2S2. The summed E-state index contributed by atoms with van der Waals surface area (Å²) in [6.45, 7) is 0. The first-order chi connectivity index (χ1) is 11.2. The molecule has 2 aromatic carbocycles. The molecule has 0 aliphatic rings. The first-order valence-corrected chi connectivity index (χ1v) is 8.26. The van der Waals surface area contributed by atoms with E-state index >= 15 is 0 Å². The molecule has 0 saturated carbocycles. The molecule has 1 N–H and O–H groups in total. The van der Waals surface area contributed by atoms with Crippen molar-refractivity contribution in [2.45, 2.75) is 0 Å². The van der Waals surface area contributed by atoms with Gasteiger partial charge in [-0.3, -0.25) is 10.1 Å². The minimum atomic E-state index is -0.224. The number of carbonyl (C=O) groups is 1. The second kappa shape index (κ2) is 5.56. The van der Waals surface area contributed by atoms with Crippen LogP contribution >= 0.6 is 23.1 Å². The van der Waals surface area contributed by atoms with E-state index in [1.54, 1.807) is 25.3 Å². The maximum atomic E-state index is 12.4. The highest BCUT2D eigenvalue weighted by Crippen LogP contribution is 2.32. The van der Waals surface area contributed by atoms with Crippen molar-refractivity contribution in [1.82, 2.24) is 13.7 Å². The van der Waals surface area contributed by atoms with Crippen LogP contribution in [0.1, 0.15) is 10.4 Å². The molecule has 0 radical (unpaired) electrons. The summed E-state index contributed by atoms with van der Waals surface area (Å²) in [6, 6.07) is 10.9. The number of nitrogens with one attached hydrogen (secondary N) is 1. The number of anilines is 1. The van der Waals surface area contributed by atoms with Crippen LogP contribution < -0.4 is 10.1 Å². The second-order valence-corrected chi connectivity index (χ2v) is 6.31. The van der Waals surface area contributed by atoms with Gasteiger partial charge in [-0.25, -0.2) is 4.98 Å². The maximum absolute atomic E-state index is 12.4. The molecule has 0 fully saturated rings. The van der Waals surface area contributed by atoms with Crippen LogP contribution in [-0.2, 0) is 0 Å². The summed E-state index contributed by atoms with van der Waals surface area (Å²) in [4.78, 5) is 16.8. The zero-order valence-corrected chi connectivity index (χ0v) is 13.6. The molecule has 1 amide bonds. The van der Waals surface area contributed by atoms with Crippen molar-refractivity contribution >= 4 is 55.4 Å². The number of nitrogens with zero attached hydrogens (tertiary/aromatic N) is 3. The Kier molecular flexibility index (Phi) is 3.40. The number of methoxy groups -OCH3 is 1. The van der Waals surface area contributed by atoms with Crippen molar-refractivity contribution in [3.8, 4) is 5.75 Å². The Bertz CT molecular complexity index is 1020. The number of ether oxygens (including phenoxy) is 1. The first-order valence-electron chi connectivity index (χ1n) is 6.72. The van der Waals surface area contributed by atoms with Gasteiger partial charge in [-0.1, -0.05) is 17.4 Å². The molecule has 0 unspecified atom stereocenters. The number of amides is 1. The Hall–Kier alpha value is -2.58. The van der Waals surface area contributed by atoms with E-state index in [2.05, 4.69) is 19.0 Å². The lowest BCUT2D eigenvalue weighted by molar-refractivity contribution is 0.102. The zero-order chi connectivity index (χ0) is 15.8. The average molecular weight is 342 g/mol. The second-order valence-electron chi connectivity index (χ2n) is 4.75. The van der Waals surface area contributed by atoms with Gasteiger partial charge in [0, 0.05) is 5.56 Å². The van der Waals surface area contributed by atoms with Gasteiger partial charge >= 0.3 is 0 Å². The van der Waals surface area contributed by atoms with E-state index in [0.29, 0.717) is 22.0 Å². The van der Waals surface area contributed by atoms with E-state index in [0.717, 1.165) is 27.5 Å². The molecule has 23 heavy (non-hydrogen) atoms. The van der Waals surface area contributed by atoms with Crippen LogP contribution in [0.4, 0.5) is 5.13 Å². The van der Waals surface area contributed by atoms with E-state index in [1.165, 1.54) is 11.3 Å². The predicted octanol–water partition coefficient (Wildman–Crippen LogP) is 3.56. The van der Waals surface area contributed by atoms with Gasteiger partial charge in [0.1, 0.15) is 22.3 Å². The van der Waals surface area contributed by atoms with Crippen LogP contribution in [0.25, 0.3) is 21.3 Å². The molecule has 0 aliphatic carbocycles. The fraction of sp³-hybridized carbons (Fsp3) is 0.0667. The number of rotatable bonds is 3. The molecule has 2 heterocycles. The van der Waals surface area contributed by atoms with Gasteiger partial charge in [-0.15, -0.1) is 0 Å². The number of thiazole rings is 1. The van der Waals surface area contributed by atoms with Crippen molar-refractivity contribution in [3.05, 3.63) is 42.0 Å². The third-order valence-corrected chi connectivity index (χ3v) is 4.83. The van der Waals surface area contributed by atoms with Gasteiger partial charge in [-0.2, -0.15) is 8.75 Å². The smallest absolute Gasteiger partial charge is 0.257 e. The van der Waals surface area contributed by atoms with Gasteiger partial charge in [0.25, 0.3) is 5.91 Å². The van der Waals surface area contributed by atoms with E-state index in [4.69, 9.17) is 4.74 Å². The fourth-order valence-corrected chi connectivity index (χ4v) is 3.63. The van der Waals surface area contributed by atoms with Crippen molar-refractivity contribution < 1.29 is 9.53 Å². The van der Waals surface area contributed by atoms with Crippen molar-refractivity contribution in [3.63, 3.8) is 0 Å². The van der Waals surface area contributed by atoms with Crippen molar-refractivity contribution in [2.75, 3.05) is 12.4 Å². The third-order valence-electron chi connectivity index (χ3n) is 3.34. The SMILES string of the molecule is COc1cccc2sc(NC(=O)c3ccc4nsnc4c3)nc12. The lowest BCUT2D eigenvalue weighted by atomic mass is 10.2. The summed E-state index contributed by atoms with van der Waals surface area (Å²) in [5, 5.41) is 3.36. The molecule has 2 aromatic heterocycles. The average Bonchev–Trinajstić information content (AvgIpc) is 3.19. The summed E-state index contributed by atoms with van der Waals surface area (Å²) >= 11 is 2.53. The molecule has 4 rings (SSSR count). The normalized spacial score (nSPS) is 11.0. The molecule has 8 heteroatoms. The monoisotopic (exact) mass is 342 g/mol. The number of para-hydroxylation sites is 1. The fourth-order valence-electron chi connectivity index (χ4n) is 2.23. The predicted molar refractivity (Wildman–Crippen MR) is 91.5 cm³/mol. The van der Waals surface area contributed by atoms with Gasteiger partial charge in [0.05, 0.1) is 23.5 Å². The van der Waals surface area contributed by atoms with Crippen LogP contribution in [0.5, 0.6) is 5.75 Å². The highest BCUT2D eigenvalue weighted by molar-refractivity contribution is 7.22. The Balaban J connectivity index is 1.65. The summed E-state index contributed by atoms with van der Waals surface area (Å²) < 4.78 is 14.5. The van der Waals surface area contributed by atoms with Gasteiger partial charge in [-0.05, 0) is 30.3 Å². The summed E-state index contributed by atoms with van der Waals surface area (Å²) in [5.74, 6) is 0.465. The number of benzene rings is 2. The molecule has 4 aromatic rings. The van der Waals surface area contributed by atoms with E-state index in [-0.39, 0.29) is 5.91 Å². The molecule has 0 spiro atoms. The highest BCUT2D eigenvalue weighted by Gasteiger charge is 2.13. The van der Waals surface area contributed by atoms with Crippen LogP contribution in [0.15, 0.2) is 36.4 Å². The standard InChI is InChI=1S/C15H10N4O2S2/c1-21-11-3-2-4-12-13(11)16-15(22-12)17-14(20)8-5-6-9-10(7-8)19-23-18-9/h2-7H,1H3,(H,16,17,20). The Morgan fingerprint density at radius 3 is 2.91 bits per heavy atom. The van der Waals surface area contributed by atoms with E-state index < -0.39 is 0 Å². The zero-order valence-electron chi connectivity index (χ0n) is 11.9. The molecular weight excluding hydrogens is 332 g/mol. The molecule has 0 saturated heterocycles. The summed E-state index contributed by atoms with van der Waals surface area (Å²) in [5.41, 5.74) is 2.77. The Morgan fingerprint density at radius 1 is 1.17 bits per heavy atom. The number of hydrogen-bond donors (Lipinski definition) is 1. The molecule has 0 aliphatic heterocycles. The molecule has 0 bridgehead atoms. The molecule has 6 nitrogen and oxygen atoms in total. The van der Waals surface area contributed by atoms with Gasteiger partial charge in [0.2, 0.25) is 0 Å². The lowest BCUT2D eigenvalue weighted by Gasteiger charge is -2.01. The first kappa shape index (κ1) is 14.0. The van der Waals surface area contributed by atoms with Crippen molar-refractivity contribution in [2.24, 2.45) is 0 Å². The minimum Gasteiger partial charge on any atom is -0.494 e. The Labute approximate surface area is 139 Å². The van der Waals surface area contributed by atoms with E-state index in [1.807, 2.05) is 18.2 Å². The van der Waals surface area contributed by atoms with Crippen LogP contribution in [0, 0.1) is 0 Å². The van der Waals surface area contributed by atoms with Crippen molar-refractivity contribution in [1.29, 1.82) is 0 Å².